The third kappa shape index (κ3) is 5.61. The Labute approximate surface area is 138 Å². The van der Waals surface area contributed by atoms with Gasteiger partial charge < -0.3 is 14.7 Å². The molecule has 1 N–H and O–H groups in total. The number of ketones is 1. The summed E-state index contributed by atoms with van der Waals surface area (Å²) in [4.78, 5) is 16.3. The number of aliphatic hydroxyl groups excluding tert-OH is 1. The average Bonchev–Trinajstić information content (AvgIpc) is 2.60. The molecule has 5 heteroatoms. The summed E-state index contributed by atoms with van der Waals surface area (Å²) < 4.78 is 5.62. The summed E-state index contributed by atoms with van der Waals surface area (Å²) in [7, 11) is 0. The normalized spacial score (nSPS) is 17.9. The third-order valence-corrected chi connectivity index (χ3v) is 4.32. The Morgan fingerprint density at radius 1 is 1.13 bits per heavy atom. The van der Waals surface area contributed by atoms with Crippen molar-refractivity contribution < 1.29 is 14.6 Å². The summed E-state index contributed by atoms with van der Waals surface area (Å²) >= 11 is 0. The second-order valence-corrected chi connectivity index (χ2v) is 6.00. The molecule has 1 aliphatic heterocycles. The SMILES string of the molecule is CCC(=O)c1ccc(OC[C@@H](O)CN2CCN(CC)CC2)cc1. The molecule has 2 rings (SSSR count). The Morgan fingerprint density at radius 2 is 1.74 bits per heavy atom. The zero-order chi connectivity index (χ0) is 16.7. The van der Waals surface area contributed by atoms with Gasteiger partial charge in [-0.05, 0) is 30.8 Å². The number of likely N-dealkylation sites (N-methyl/N-ethyl adjacent to an activating group) is 1. The van der Waals surface area contributed by atoms with Crippen molar-refractivity contribution in [2.75, 3.05) is 45.9 Å². The minimum Gasteiger partial charge on any atom is -0.491 e. The maximum Gasteiger partial charge on any atom is 0.162 e. The number of carbonyl (C=O) groups is 1. The van der Waals surface area contributed by atoms with Crippen LogP contribution >= 0.6 is 0 Å². The van der Waals surface area contributed by atoms with Gasteiger partial charge in [-0.15, -0.1) is 0 Å². The van der Waals surface area contributed by atoms with E-state index in [1.807, 2.05) is 6.92 Å². The number of piperazine rings is 1. The Kier molecular flexibility index (Phi) is 7.02. The van der Waals surface area contributed by atoms with E-state index in [2.05, 4.69) is 16.7 Å². The Bertz CT molecular complexity index is 482. The lowest BCUT2D eigenvalue weighted by atomic mass is 10.1. The first-order valence-electron chi connectivity index (χ1n) is 8.51. The van der Waals surface area contributed by atoms with Crippen LogP contribution in [0, 0.1) is 0 Å². The molecule has 23 heavy (non-hydrogen) atoms. The summed E-state index contributed by atoms with van der Waals surface area (Å²) in [6.07, 6.45) is 0.00430. The topological polar surface area (TPSA) is 53.0 Å². The van der Waals surface area contributed by atoms with Crippen LogP contribution in [0.15, 0.2) is 24.3 Å². The van der Waals surface area contributed by atoms with Gasteiger partial charge in [0, 0.05) is 44.7 Å². The lowest BCUT2D eigenvalue weighted by Crippen LogP contribution is -2.49. The molecular formula is C18H28N2O3. The van der Waals surface area contributed by atoms with E-state index < -0.39 is 6.10 Å². The summed E-state index contributed by atoms with van der Waals surface area (Å²) in [5, 5.41) is 10.1. The highest BCUT2D eigenvalue weighted by Gasteiger charge is 2.18. The number of carbonyl (C=O) groups excluding carboxylic acids is 1. The van der Waals surface area contributed by atoms with Crippen LogP contribution in [0.4, 0.5) is 0 Å². The molecule has 1 atom stereocenters. The van der Waals surface area contributed by atoms with Crippen LogP contribution in [0.5, 0.6) is 5.75 Å². The monoisotopic (exact) mass is 320 g/mol. The van der Waals surface area contributed by atoms with E-state index in [-0.39, 0.29) is 12.4 Å². The number of hydrogen-bond donors (Lipinski definition) is 1. The smallest absolute Gasteiger partial charge is 0.162 e. The lowest BCUT2D eigenvalue weighted by Gasteiger charge is -2.34. The van der Waals surface area contributed by atoms with Crippen LogP contribution in [-0.4, -0.2) is 72.7 Å². The quantitative estimate of drug-likeness (QED) is 0.738. The fraction of sp³-hybridized carbons (Fsp3) is 0.611. The Hall–Kier alpha value is -1.43. The zero-order valence-corrected chi connectivity index (χ0v) is 14.2. The van der Waals surface area contributed by atoms with Gasteiger partial charge in [0.05, 0.1) is 0 Å². The molecule has 0 aliphatic carbocycles. The van der Waals surface area contributed by atoms with E-state index in [0.29, 0.717) is 24.3 Å². The Balaban J connectivity index is 1.72. The number of benzene rings is 1. The fourth-order valence-electron chi connectivity index (χ4n) is 2.77. The third-order valence-electron chi connectivity index (χ3n) is 4.32. The summed E-state index contributed by atoms with van der Waals surface area (Å²) in [6, 6.07) is 7.13. The second-order valence-electron chi connectivity index (χ2n) is 6.00. The molecule has 0 spiro atoms. The van der Waals surface area contributed by atoms with E-state index in [1.165, 1.54) is 0 Å². The van der Waals surface area contributed by atoms with Gasteiger partial charge in [0.1, 0.15) is 18.5 Å². The molecule has 0 radical (unpaired) electrons. The van der Waals surface area contributed by atoms with Gasteiger partial charge in [0.15, 0.2) is 5.78 Å². The maximum atomic E-state index is 11.6. The largest absolute Gasteiger partial charge is 0.491 e. The molecular weight excluding hydrogens is 292 g/mol. The van der Waals surface area contributed by atoms with E-state index in [1.54, 1.807) is 24.3 Å². The highest BCUT2D eigenvalue weighted by atomic mass is 16.5. The average molecular weight is 320 g/mol. The zero-order valence-electron chi connectivity index (χ0n) is 14.2. The van der Waals surface area contributed by atoms with Crippen LogP contribution in [-0.2, 0) is 0 Å². The van der Waals surface area contributed by atoms with Gasteiger partial charge in [0.2, 0.25) is 0 Å². The summed E-state index contributed by atoms with van der Waals surface area (Å²) in [5.74, 6) is 0.815. The highest BCUT2D eigenvalue weighted by molar-refractivity contribution is 5.95. The molecule has 0 amide bonds. The van der Waals surface area contributed by atoms with Crippen molar-refractivity contribution in [2.24, 2.45) is 0 Å². The number of ether oxygens (including phenoxy) is 1. The first kappa shape index (κ1) is 17.9. The number of hydrogen-bond acceptors (Lipinski definition) is 5. The molecule has 0 aromatic heterocycles. The maximum absolute atomic E-state index is 11.6. The number of β-amino-alcohol motifs (C(OH)–C–C–N with tert-alkyl or cyclic N) is 1. The van der Waals surface area contributed by atoms with Crippen molar-refractivity contribution in [1.82, 2.24) is 9.80 Å². The molecule has 0 bridgehead atoms. The standard InChI is InChI=1S/C18H28N2O3/c1-3-18(22)15-5-7-17(8-6-15)23-14-16(21)13-20-11-9-19(4-2)10-12-20/h5-8,16,21H,3-4,9-14H2,1-2H3/t16-/m0/s1. The minimum atomic E-state index is -0.500. The van der Waals surface area contributed by atoms with Crippen LogP contribution in [0.25, 0.3) is 0 Å². The summed E-state index contributed by atoms with van der Waals surface area (Å²) in [5.41, 5.74) is 0.703. The molecule has 1 fully saturated rings. The number of aliphatic hydroxyl groups is 1. The van der Waals surface area contributed by atoms with Crippen molar-refractivity contribution in [2.45, 2.75) is 26.4 Å². The summed E-state index contributed by atoms with van der Waals surface area (Å²) in [6.45, 7) is 10.2. The van der Waals surface area contributed by atoms with Crippen molar-refractivity contribution in [3.05, 3.63) is 29.8 Å². The highest BCUT2D eigenvalue weighted by Crippen LogP contribution is 2.14. The van der Waals surface area contributed by atoms with Crippen LogP contribution in [0.3, 0.4) is 0 Å². The van der Waals surface area contributed by atoms with Crippen LogP contribution in [0.1, 0.15) is 30.6 Å². The Morgan fingerprint density at radius 3 is 2.30 bits per heavy atom. The molecule has 1 saturated heterocycles. The molecule has 5 nitrogen and oxygen atoms in total. The minimum absolute atomic E-state index is 0.128. The predicted octanol–water partition coefficient (Wildman–Crippen LogP) is 1.66. The molecule has 1 aliphatic rings. The predicted molar refractivity (Wildman–Crippen MR) is 91.1 cm³/mol. The van der Waals surface area contributed by atoms with Crippen molar-refractivity contribution >= 4 is 5.78 Å². The lowest BCUT2D eigenvalue weighted by molar-refractivity contribution is 0.0471. The van der Waals surface area contributed by atoms with E-state index in [0.717, 1.165) is 32.7 Å². The van der Waals surface area contributed by atoms with Gasteiger partial charge in [-0.3, -0.25) is 9.69 Å². The van der Waals surface area contributed by atoms with Crippen LogP contribution in [0.2, 0.25) is 0 Å². The molecule has 1 heterocycles. The van der Waals surface area contributed by atoms with E-state index in [9.17, 15) is 9.90 Å². The molecule has 0 saturated carbocycles. The van der Waals surface area contributed by atoms with E-state index >= 15 is 0 Å². The molecule has 1 aromatic carbocycles. The van der Waals surface area contributed by atoms with Gasteiger partial charge >= 0.3 is 0 Å². The van der Waals surface area contributed by atoms with Gasteiger partial charge in [-0.2, -0.15) is 0 Å². The molecule has 0 unspecified atom stereocenters. The van der Waals surface area contributed by atoms with Gasteiger partial charge in [0.25, 0.3) is 0 Å². The number of Topliss-reactive ketones (excluding diaryl/α,β-unsaturated/α-hetero) is 1. The van der Waals surface area contributed by atoms with Crippen molar-refractivity contribution in [3.8, 4) is 5.75 Å². The van der Waals surface area contributed by atoms with Crippen molar-refractivity contribution in [3.63, 3.8) is 0 Å². The number of nitrogens with zero attached hydrogens (tertiary/aromatic N) is 2. The fourth-order valence-corrected chi connectivity index (χ4v) is 2.77. The first-order valence-corrected chi connectivity index (χ1v) is 8.51. The van der Waals surface area contributed by atoms with Crippen LogP contribution < -0.4 is 4.74 Å². The first-order chi connectivity index (χ1) is 11.1. The molecule has 128 valence electrons. The van der Waals surface area contributed by atoms with Crippen molar-refractivity contribution in [1.29, 1.82) is 0 Å². The van der Waals surface area contributed by atoms with Gasteiger partial charge in [-0.1, -0.05) is 13.8 Å². The molecule has 1 aromatic rings. The van der Waals surface area contributed by atoms with E-state index in [4.69, 9.17) is 4.74 Å². The van der Waals surface area contributed by atoms with Gasteiger partial charge in [-0.25, -0.2) is 0 Å². The second kappa shape index (κ2) is 9.01. The number of rotatable bonds is 8.